The zero-order valence-corrected chi connectivity index (χ0v) is 21.1. The minimum Gasteiger partial charge on any atom is -0.493 e. The monoisotopic (exact) mass is 510 g/mol. The standard InChI is InChI=1S/C26H37F3N4O3/c1-3-24-23(16-33-19-30-18-31-33)20(8-9-25(24,2)10-11-32-12-14-34-15-13-32)17-35-21-4-6-22(7-5-21)36-26(27,28)29/h4-7,18-20,23-24H,3,8-17H2,1-2H3/t20-,23-,24+,25-/m0/s1. The van der Waals surface area contributed by atoms with Crippen LogP contribution in [0.5, 0.6) is 11.5 Å². The summed E-state index contributed by atoms with van der Waals surface area (Å²) in [5, 5.41) is 4.37. The van der Waals surface area contributed by atoms with E-state index in [0.29, 0.717) is 30.1 Å². The Morgan fingerprint density at radius 3 is 2.50 bits per heavy atom. The van der Waals surface area contributed by atoms with Crippen molar-refractivity contribution in [2.75, 3.05) is 39.5 Å². The molecule has 0 N–H and O–H groups in total. The molecule has 7 nitrogen and oxygen atoms in total. The van der Waals surface area contributed by atoms with Gasteiger partial charge in [-0.2, -0.15) is 5.10 Å². The van der Waals surface area contributed by atoms with Crippen LogP contribution in [-0.4, -0.2) is 65.5 Å². The fourth-order valence-corrected chi connectivity index (χ4v) is 6.07. The second-order valence-corrected chi connectivity index (χ2v) is 10.3. The summed E-state index contributed by atoms with van der Waals surface area (Å²) in [6.45, 7) is 10.7. The van der Waals surface area contributed by atoms with Gasteiger partial charge in [-0.25, -0.2) is 4.98 Å². The SMILES string of the molecule is CC[C@@H]1[C@@H](Cn2cncn2)[C@H](COc2ccc(OC(F)(F)F)cc2)CC[C@@]1(C)CCN1CCOCC1. The first-order valence-corrected chi connectivity index (χ1v) is 12.9. The third-order valence-electron chi connectivity index (χ3n) is 8.03. The minimum atomic E-state index is -4.71. The van der Waals surface area contributed by atoms with Gasteiger partial charge >= 0.3 is 6.36 Å². The molecule has 2 aliphatic rings. The molecule has 2 fully saturated rings. The van der Waals surface area contributed by atoms with E-state index < -0.39 is 6.36 Å². The van der Waals surface area contributed by atoms with Gasteiger partial charge in [-0.3, -0.25) is 9.58 Å². The molecule has 1 saturated carbocycles. The lowest BCUT2D eigenvalue weighted by Crippen LogP contribution is -2.47. The summed E-state index contributed by atoms with van der Waals surface area (Å²) in [5.41, 5.74) is 0.214. The van der Waals surface area contributed by atoms with Crippen LogP contribution in [0.25, 0.3) is 0 Å². The van der Waals surface area contributed by atoms with Crippen LogP contribution in [0.4, 0.5) is 13.2 Å². The Balaban J connectivity index is 1.43. The molecule has 4 atom stereocenters. The van der Waals surface area contributed by atoms with E-state index in [4.69, 9.17) is 9.47 Å². The lowest BCUT2D eigenvalue weighted by atomic mass is 9.57. The minimum absolute atomic E-state index is 0.214. The van der Waals surface area contributed by atoms with Gasteiger partial charge < -0.3 is 14.2 Å². The maximum atomic E-state index is 12.5. The van der Waals surface area contributed by atoms with Crippen molar-refractivity contribution in [1.29, 1.82) is 0 Å². The highest BCUT2D eigenvalue weighted by Crippen LogP contribution is 2.51. The van der Waals surface area contributed by atoms with Gasteiger partial charge in [0.2, 0.25) is 0 Å². The second-order valence-electron chi connectivity index (χ2n) is 10.3. The molecule has 1 aliphatic heterocycles. The molecule has 4 rings (SSSR count). The molecule has 36 heavy (non-hydrogen) atoms. The number of aromatic nitrogens is 3. The van der Waals surface area contributed by atoms with Crippen LogP contribution in [-0.2, 0) is 11.3 Å². The predicted octanol–water partition coefficient (Wildman–Crippen LogP) is 5.04. The molecule has 0 amide bonds. The molecule has 2 aromatic rings. The largest absolute Gasteiger partial charge is 0.573 e. The topological polar surface area (TPSA) is 61.6 Å². The number of halogens is 3. The van der Waals surface area contributed by atoms with Crippen LogP contribution in [0.1, 0.15) is 39.5 Å². The fourth-order valence-electron chi connectivity index (χ4n) is 6.07. The van der Waals surface area contributed by atoms with Crippen molar-refractivity contribution in [2.45, 2.75) is 52.4 Å². The Bertz CT molecular complexity index is 920. The van der Waals surface area contributed by atoms with E-state index in [0.717, 1.165) is 65.1 Å². The predicted molar refractivity (Wildman–Crippen MR) is 129 cm³/mol. The molecule has 200 valence electrons. The first-order chi connectivity index (χ1) is 17.3. The van der Waals surface area contributed by atoms with Gasteiger partial charge in [0.25, 0.3) is 0 Å². The van der Waals surface area contributed by atoms with Gasteiger partial charge in [-0.1, -0.05) is 20.3 Å². The highest BCUT2D eigenvalue weighted by atomic mass is 19.4. The fraction of sp³-hybridized carbons (Fsp3) is 0.692. The summed E-state index contributed by atoms with van der Waals surface area (Å²) >= 11 is 0. The summed E-state index contributed by atoms with van der Waals surface area (Å²) in [6.07, 6.45) is 3.00. The number of hydrogen-bond donors (Lipinski definition) is 0. The third kappa shape index (κ3) is 7.12. The van der Waals surface area contributed by atoms with Crippen LogP contribution in [0.2, 0.25) is 0 Å². The Morgan fingerprint density at radius 1 is 1.14 bits per heavy atom. The van der Waals surface area contributed by atoms with Crippen molar-refractivity contribution in [1.82, 2.24) is 19.7 Å². The smallest absolute Gasteiger partial charge is 0.493 e. The molecule has 2 heterocycles. The van der Waals surface area contributed by atoms with Crippen LogP contribution in [0, 0.1) is 23.2 Å². The molecular weight excluding hydrogens is 473 g/mol. The van der Waals surface area contributed by atoms with Crippen molar-refractivity contribution >= 4 is 0 Å². The van der Waals surface area contributed by atoms with E-state index >= 15 is 0 Å². The summed E-state index contributed by atoms with van der Waals surface area (Å²) < 4.78 is 54.8. The Morgan fingerprint density at radius 2 is 1.86 bits per heavy atom. The maximum Gasteiger partial charge on any atom is 0.573 e. The van der Waals surface area contributed by atoms with Crippen LogP contribution in [0.3, 0.4) is 0 Å². The molecule has 1 saturated heterocycles. The van der Waals surface area contributed by atoms with Crippen LogP contribution in [0.15, 0.2) is 36.9 Å². The van der Waals surface area contributed by atoms with Gasteiger partial charge in [0.1, 0.15) is 24.2 Å². The van der Waals surface area contributed by atoms with Crippen molar-refractivity contribution < 1.29 is 27.4 Å². The Hall–Kier alpha value is -2.33. The van der Waals surface area contributed by atoms with E-state index in [-0.39, 0.29) is 11.2 Å². The Kier molecular flexibility index (Phi) is 8.77. The van der Waals surface area contributed by atoms with E-state index in [9.17, 15) is 13.2 Å². The molecule has 0 unspecified atom stereocenters. The van der Waals surface area contributed by atoms with Crippen molar-refractivity contribution in [3.05, 3.63) is 36.9 Å². The number of alkyl halides is 3. The van der Waals surface area contributed by atoms with Crippen LogP contribution >= 0.6 is 0 Å². The van der Waals surface area contributed by atoms with Gasteiger partial charge in [0.15, 0.2) is 0 Å². The van der Waals surface area contributed by atoms with Gasteiger partial charge in [0.05, 0.1) is 19.8 Å². The number of benzene rings is 1. The van der Waals surface area contributed by atoms with E-state index in [1.54, 1.807) is 12.7 Å². The van der Waals surface area contributed by atoms with E-state index in [2.05, 4.69) is 33.6 Å². The molecule has 1 aliphatic carbocycles. The van der Waals surface area contributed by atoms with Crippen molar-refractivity contribution in [3.8, 4) is 11.5 Å². The van der Waals surface area contributed by atoms with E-state index in [1.165, 1.54) is 24.3 Å². The number of ether oxygens (including phenoxy) is 3. The first kappa shape index (κ1) is 26.7. The maximum absolute atomic E-state index is 12.5. The molecule has 1 aromatic carbocycles. The average molecular weight is 511 g/mol. The number of nitrogens with zero attached hydrogens (tertiary/aromatic N) is 4. The normalized spacial score (nSPS) is 27.6. The van der Waals surface area contributed by atoms with Crippen molar-refractivity contribution in [3.63, 3.8) is 0 Å². The molecular formula is C26H37F3N4O3. The lowest BCUT2D eigenvalue weighted by molar-refractivity contribution is -0.274. The highest BCUT2D eigenvalue weighted by molar-refractivity contribution is 5.31. The number of morpholine rings is 1. The summed E-state index contributed by atoms with van der Waals surface area (Å²) in [5.74, 6) is 1.44. The zero-order valence-electron chi connectivity index (χ0n) is 21.1. The molecule has 1 aromatic heterocycles. The van der Waals surface area contributed by atoms with Crippen molar-refractivity contribution in [2.24, 2.45) is 23.2 Å². The molecule has 10 heteroatoms. The van der Waals surface area contributed by atoms with Gasteiger partial charge in [-0.15, -0.1) is 13.2 Å². The van der Waals surface area contributed by atoms with Crippen LogP contribution < -0.4 is 9.47 Å². The number of rotatable bonds is 10. The zero-order chi connectivity index (χ0) is 25.6. The average Bonchev–Trinajstić information content (AvgIpc) is 3.36. The van der Waals surface area contributed by atoms with Gasteiger partial charge in [0, 0.05) is 19.6 Å². The highest BCUT2D eigenvalue weighted by Gasteiger charge is 2.45. The first-order valence-electron chi connectivity index (χ1n) is 12.9. The lowest BCUT2D eigenvalue weighted by Gasteiger charge is -2.50. The third-order valence-corrected chi connectivity index (χ3v) is 8.03. The Labute approximate surface area is 210 Å². The molecule has 0 bridgehead atoms. The van der Waals surface area contributed by atoms with E-state index in [1.807, 2.05) is 4.68 Å². The quantitative estimate of drug-likeness (QED) is 0.447. The van der Waals surface area contributed by atoms with Gasteiger partial charge in [-0.05, 0) is 73.2 Å². The summed E-state index contributed by atoms with van der Waals surface area (Å²) in [7, 11) is 0. The second kappa shape index (κ2) is 11.8. The summed E-state index contributed by atoms with van der Waals surface area (Å²) in [6, 6.07) is 5.63. The summed E-state index contributed by atoms with van der Waals surface area (Å²) in [4.78, 5) is 6.64. The number of hydrogen-bond acceptors (Lipinski definition) is 6. The molecule has 0 radical (unpaired) electrons. The molecule has 0 spiro atoms.